The normalized spacial score (nSPS) is 13.9. The van der Waals surface area contributed by atoms with Crippen molar-refractivity contribution in [3.63, 3.8) is 0 Å². The van der Waals surface area contributed by atoms with Crippen molar-refractivity contribution in [3.8, 4) is 0 Å². The first-order valence-corrected chi connectivity index (χ1v) is 11.9. The van der Waals surface area contributed by atoms with E-state index in [0.29, 0.717) is 5.69 Å². The van der Waals surface area contributed by atoms with Crippen LogP contribution in [0.5, 0.6) is 0 Å². The molecule has 1 aliphatic rings. The summed E-state index contributed by atoms with van der Waals surface area (Å²) < 4.78 is 35.6. The Labute approximate surface area is 205 Å². The molecule has 9 heteroatoms. The third-order valence-electron chi connectivity index (χ3n) is 5.74. The van der Waals surface area contributed by atoms with Crippen LogP contribution in [0.15, 0.2) is 62.6 Å². The van der Waals surface area contributed by atoms with Crippen LogP contribution in [0, 0.1) is 18.6 Å². The molecular weight excluding hydrogens is 508 g/mol. The highest BCUT2D eigenvalue weighted by Gasteiger charge is 2.20. The molecule has 0 unspecified atom stereocenters. The minimum atomic E-state index is -0.748. The Bertz CT molecular complexity index is 1200. The highest BCUT2D eigenvalue weighted by Crippen LogP contribution is 2.17. The molecule has 0 amide bonds. The van der Waals surface area contributed by atoms with E-state index in [4.69, 9.17) is 4.74 Å². The Balaban J connectivity index is 0.000000574. The lowest BCUT2D eigenvalue weighted by Gasteiger charge is -2.20. The molecule has 2 heterocycles. The molecule has 1 fully saturated rings. The van der Waals surface area contributed by atoms with Crippen LogP contribution in [0.4, 0.5) is 8.78 Å². The summed E-state index contributed by atoms with van der Waals surface area (Å²) in [5.74, 6) is -1.50. The molecule has 1 aromatic heterocycles. The van der Waals surface area contributed by atoms with Crippen LogP contribution < -0.4 is 16.6 Å². The van der Waals surface area contributed by atoms with Gasteiger partial charge in [-0.15, -0.1) is 0 Å². The number of ether oxygens (including phenoxy) is 1. The molecule has 2 aromatic carbocycles. The number of hydrogen-bond acceptors (Lipinski definition) is 4. The lowest BCUT2D eigenvalue weighted by atomic mass is 10.1. The van der Waals surface area contributed by atoms with Gasteiger partial charge in [-0.1, -0.05) is 36.4 Å². The van der Waals surface area contributed by atoms with Crippen molar-refractivity contribution in [2.24, 2.45) is 0 Å². The van der Waals surface area contributed by atoms with Crippen molar-refractivity contribution in [1.29, 1.82) is 0 Å². The fraction of sp³-hybridized carbons (Fsp3) is 0.360. The highest BCUT2D eigenvalue weighted by atomic mass is 79.9. The lowest BCUT2D eigenvalue weighted by Crippen LogP contribution is -2.44. The van der Waals surface area contributed by atoms with Crippen molar-refractivity contribution in [2.45, 2.75) is 38.9 Å². The van der Waals surface area contributed by atoms with E-state index in [1.165, 1.54) is 23.5 Å². The Morgan fingerprint density at radius 3 is 2.15 bits per heavy atom. The van der Waals surface area contributed by atoms with Crippen molar-refractivity contribution in [2.75, 3.05) is 20.3 Å². The second-order valence-corrected chi connectivity index (χ2v) is 8.75. The number of halogens is 3. The average Bonchev–Trinajstić information content (AvgIpc) is 3.43. The van der Waals surface area contributed by atoms with Gasteiger partial charge in [0.1, 0.15) is 16.1 Å². The summed E-state index contributed by atoms with van der Waals surface area (Å²) in [5, 5.41) is 3.10. The van der Waals surface area contributed by atoms with Gasteiger partial charge in [0, 0.05) is 24.5 Å². The monoisotopic (exact) mass is 535 g/mol. The quantitative estimate of drug-likeness (QED) is 0.514. The maximum absolute atomic E-state index is 14.1. The van der Waals surface area contributed by atoms with Crippen molar-refractivity contribution in [1.82, 2.24) is 14.5 Å². The summed E-state index contributed by atoms with van der Waals surface area (Å²) in [6.07, 6.45) is 2.56. The Hall–Kier alpha value is -2.62. The molecule has 4 rings (SSSR count). The molecule has 3 aromatic rings. The van der Waals surface area contributed by atoms with Gasteiger partial charge in [0.05, 0.1) is 19.1 Å². The largest absolute Gasteiger partial charge is 0.381 e. The van der Waals surface area contributed by atoms with Crippen LogP contribution in [-0.2, 0) is 17.8 Å². The first-order chi connectivity index (χ1) is 16.3. The molecule has 0 bridgehead atoms. The summed E-state index contributed by atoms with van der Waals surface area (Å²) >= 11 is 3.23. The second-order valence-electron chi connectivity index (χ2n) is 7.96. The van der Waals surface area contributed by atoms with Crippen LogP contribution in [0.25, 0.3) is 0 Å². The zero-order valence-corrected chi connectivity index (χ0v) is 20.8. The summed E-state index contributed by atoms with van der Waals surface area (Å²) in [5.41, 5.74) is -0.143. The van der Waals surface area contributed by atoms with Crippen LogP contribution >= 0.6 is 15.9 Å². The highest BCUT2D eigenvalue weighted by molar-refractivity contribution is 9.10. The summed E-state index contributed by atoms with van der Waals surface area (Å²) in [6.45, 7) is 3.30. The smallest absolute Gasteiger partial charge is 0.331 e. The van der Waals surface area contributed by atoms with E-state index in [9.17, 15) is 18.4 Å². The number of likely N-dealkylation sites (N-methyl/N-ethyl adjacent to an activating group) is 1. The predicted octanol–water partition coefficient (Wildman–Crippen LogP) is 4.16. The second kappa shape index (κ2) is 12.2. The minimum absolute atomic E-state index is 0.0663. The fourth-order valence-electron chi connectivity index (χ4n) is 3.70. The van der Waals surface area contributed by atoms with E-state index >= 15 is 0 Å². The van der Waals surface area contributed by atoms with Gasteiger partial charge in [0.15, 0.2) is 0 Å². The molecule has 0 saturated carbocycles. The van der Waals surface area contributed by atoms with E-state index in [1.807, 2.05) is 30.3 Å². The third kappa shape index (κ3) is 6.08. The zero-order chi connectivity index (χ0) is 24.7. The first kappa shape index (κ1) is 26.0. The molecule has 0 spiro atoms. The number of nitrogens with zero attached hydrogens (tertiary/aromatic N) is 2. The van der Waals surface area contributed by atoms with Gasteiger partial charge >= 0.3 is 5.69 Å². The predicted molar refractivity (Wildman–Crippen MR) is 131 cm³/mol. The maximum atomic E-state index is 14.1. The number of nitrogens with one attached hydrogen (secondary N) is 1. The van der Waals surface area contributed by atoms with Gasteiger partial charge in [-0.3, -0.25) is 13.9 Å². The van der Waals surface area contributed by atoms with Gasteiger partial charge in [-0.2, -0.15) is 0 Å². The molecule has 34 heavy (non-hydrogen) atoms. The van der Waals surface area contributed by atoms with Crippen molar-refractivity contribution in [3.05, 3.63) is 102 Å². The van der Waals surface area contributed by atoms with Crippen LogP contribution in [-0.4, -0.2) is 29.4 Å². The molecule has 0 radical (unpaired) electrons. The maximum Gasteiger partial charge on any atom is 0.331 e. The number of aromatic nitrogens is 2. The number of hydrogen-bond donors (Lipinski definition) is 1. The Morgan fingerprint density at radius 2 is 1.62 bits per heavy atom. The van der Waals surface area contributed by atoms with Crippen LogP contribution in [0.2, 0.25) is 0 Å². The molecule has 1 saturated heterocycles. The van der Waals surface area contributed by atoms with E-state index in [-0.39, 0.29) is 29.2 Å². The molecular formula is C25H28BrF2N3O3. The number of benzene rings is 2. The lowest BCUT2D eigenvalue weighted by molar-refractivity contribution is 0.198. The van der Waals surface area contributed by atoms with Gasteiger partial charge in [-0.05, 0) is 60.4 Å². The van der Waals surface area contributed by atoms with Gasteiger partial charge < -0.3 is 10.1 Å². The standard InChI is InChI=1S/C21H20BrF2N3O2.C4H8O/c1-13-19(22)20(28)27(12-18(25-2)14-7-4-3-5-8-14)21(29)26(13)11-15-16(23)9-6-10-17(15)24;1-2-4-5-3-1/h3-10,18,25H,11-12H2,1-2H3;1-4H2/t18-;/m0./s1. The topological polar surface area (TPSA) is 65.3 Å². The van der Waals surface area contributed by atoms with E-state index in [2.05, 4.69) is 21.2 Å². The van der Waals surface area contributed by atoms with E-state index < -0.39 is 22.9 Å². The first-order valence-electron chi connectivity index (χ1n) is 11.1. The van der Waals surface area contributed by atoms with E-state index in [1.54, 1.807) is 14.0 Å². The van der Waals surface area contributed by atoms with E-state index in [0.717, 1.165) is 35.5 Å². The van der Waals surface area contributed by atoms with Crippen LogP contribution in [0.3, 0.4) is 0 Å². The molecule has 182 valence electrons. The zero-order valence-electron chi connectivity index (χ0n) is 19.2. The Morgan fingerprint density at radius 1 is 1.00 bits per heavy atom. The molecule has 6 nitrogen and oxygen atoms in total. The molecule has 1 atom stereocenters. The summed E-state index contributed by atoms with van der Waals surface area (Å²) in [7, 11) is 1.74. The Kier molecular flexibility index (Phi) is 9.32. The van der Waals surface area contributed by atoms with Gasteiger partial charge in [-0.25, -0.2) is 13.6 Å². The van der Waals surface area contributed by atoms with Crippen molar-refractivity contribution >= 4 is 15.9 Å². The molecule has 1 N–H and O–H groups in total. The van der Waals surface area contributed by atoms with Crippen LogP contribution in [0.1, 0.15) is 35.7 Å². The minimum Gasteiger partial charge on any atom is -0.381 e. The summed E-state index contributed by atoms with van der Waals surface area (Å²) in [4.78, 5) is 25.9. The fourth-order valence-corrected chi connectivity index (χ4v) is 4.13. The van der Waals surface area contributed by atoms with Crippen molar-refractivity contribution < 1.29 is 13.5 Å². The molecule has 1 aliphatic heterocycles. The summed E-state index contributed by atoms with van der Waals surface area (Å²) in [6, 6.07) is 12.6. The molecule has 0 aliphatic carbocycles. The SMILES string of the molecule is C1CCOC1.CN[C@@H](Cn1c(=O)c(Br)c(C)n(Cc2c(F)cccc2F)c1=O)c1ccccc1. The number of rotatable bonds is 6. The van der Waals surface area contributed by atoms with Gasteiger partial charge in [0.2, 0.25) is 0 Å². The third-order valence-corrected chi connectivity index (χ3v) is 6.65. The van der Waals surface area contributed by atoms with Gasteiger partial charge in [0.25, 0.3) is 5.56 Å². The average molecular weight is 536 g/mol.